The number of nitrogens with one attached hydrogen (secondary N) is 2. The molecule has 4 heterocycles. The van der Waals surface area contributed by atoms with Crippen molar-refractivity contribution in [3.63, 3.8) is 0 Å². The summed E-state index contributed by atoms with van der Waals surface area (Å²) < 4.78 is 45.8. The number of aliphatic imine (C=N–C) groups is 2. The molecule has 0 spiro atoms. The van der Waals surface area contributed by atoms with Gasteiger partial charge in [0.2, 0.25) is 0 Å². The molecule has 0 aliphatic carbocycles. The van der Waals surface area contributed by atoms with Gasteiger partial charge in [-0.1, -0.05) is 6.92 Å². The molecule has 0 radical (unpaired) electrons. The van der Waals surface area contributed by atoms with Crippen LogP contribution < -0.4 is 10.6 Å². The predicted molar refractivity (Wildman–Crippen MR) is 135 cm³/mol. The van der Waals surface area contributed by atoms with Crippen LogP contribution in [0.2, 0.25) is 0 Å². The first-order valence-corrected chi connectivity index (χ1v) is 12.6. The monoisotopic (exact) mass is 519 g/mol. The lowest BCUT2D eigenvalue weighted by Crippen LogP contribution is -2.40. The minimum absolute atomic E-state index is 0.0244. The van der Waals surface area contributed by atoms with Crippen molar-refractivity contribution in [2.75, 3.05) is 13.1 Å². The number of hydrogen-bond donors (Lipinski definition) is 2. The summed E-state index contributed by atoms with van der Waals surface area (Å²) in [6.07, 6.45) is 0.648. The first kappa shape index (κ1) is 25.9. The van der Waals surface area contributed by atoms with Crippen molar-refractivity contribution in [3.8, 4) is 0 Å². The predicted octanol–water partition coefficient (Wildman–Crippen LogP) is 5.95. The van der Waals surface area contributed by atoms with E-state index < -0.39 is 17.9 Å². The average Bonchev–Trinajstić information content (AvgIpc) is 3.44. The summed E-state index contributed by atoms with van der Waals surface area (Å²) in [6.45, 7) is 8.46. The van der Waals surface area contributed by atoms with Crippen LogP contribution in [0.3, 0.4) is 0 Å². The summed E-state index contributed by atoms with van der Waals surface area (Å²) in [5.74, 6) is 2.15. The third kappa shape index (κ3) is 5.30. The van der Waals surface area contributed by atoms with Crippen LogP contribution in [0, 0.1) is 13.8 Å². The number of carbonyl (C=O) groups excluding carboxylic acids is 1. The Morgan fingerprint density at radius 2 is 2.03 bits per heavy atom. The summed E-state index contributed by atoms with van der Waals surface area (Å²) in [6, 6.07) is -0.409. The lowest BCUT2D eigenvalue weighted by molar-refractivity contribution is -0.140. The fourth-order valence-corrected chi connectivity index (χ4v) is 5.52. The van der Waals surface area contributed by atoms with Gasteiger partial charge in [0.25, 0.3) is 0 Å². The first-order valence-electron chi connectivity index (χ1n) is 11.8. The summed E-state index contributed by atoms with van der Waals surface area (Å²) in [7, 11) is 0. The Hall–Kier alpha value is -3.21. The van der Waals surface area contributed by atoms with Crippen molar-refractivity contribution in [2.24, 2.45) is 9.98 Å². The molecule has 1 atom stereocenters. The average molecular weight is 520 g/mol. The largest absolute Gasteiger partial charge is 0.466 e. The molecular formula is C25H28F3N5O2S. The topological polar surface area (TPSA) is 91.9 Å². The number of carbonyl (C=O) groups is 1. The zero-order valence-electron chi connectivity index (χ0n) is 20.5. The molecule has 4 rings (SSSR count). The molecule has 1 unspecified atom stereocenters. The number of thiazole rings is 1. The standard InChI is InChI=1S/C25H28F3N5O2S/c1-5-19-13(3)22(14(4)35-19)16-7-15(9-29-10-16)18-11-31-21(33-24(34)30-6-2)8-17(18)23-32-20(12-36-23)25(26,27)28/h9-10,12,16H,5-8,11H2,1-4H3,(H2,30,31,33,34). The van der Waals surface area contributed by atoms with Gasteiger partial charge in [0.15, 0.2) is 5.69 Å². The van der Waals surface area contributed by atoms with Crippen molar-refractivity contribution in [1.82, 2.24) is 15.6 Å². The molecule has 7 nitrogen and oxygen atoms in total. The lowest BCUT2D eigenvalue weighted by atomic mass is 9.84. The van der Waals surface area contributed by atoms with E-state index in [4.69, 9.17) is 4.42 Å². The van der Waals surface area contributed by atoms with E-state index in [1.807, 2.05) is 27.0 Å². The Bertz CT molecular complexity index is 1280. The number of dihydropyridines is 1. The highest BCUT2D eigenvalue weighted by molar-refractivity contribution is 7.10. The molecule has 2 aromatic heterocycles. The summed E-state index contributed by atoms with van der Waals surface area (Å²) >= 11 is 0.937. The number of amides is 2. The van der Waals surface area contributed by atoms with Crippen LogP contribution in [0.1, 0.15) is 66.0 Å². The highest BCUT2D eigenvalue weighted by Crippen LogP contribution is 2.40. The van der Waals surface area contributed by atoms with Gasteiger partial charge in [0.05, 0.1) is 6.54 Å². The Labute approximate surface area is 211 Å². The fraction of sp³-hybridized carbons (Fsp3) is 0.440. The van der Waals surface area contributed by atoms with Crippen LogP contribution >= 0.6 is 11.3 Å². The number of nitrogens with zero attached hydrogens (tertiary/aromatic N) is 3. The number of furan rings is 1. The molecule has 2 aromatic rings. The maximum atomic E-state index is 13.3. The van der Waals surface area contributed by atoms with E-state index in [1.165, 1.54) is 0 Å². The van der Waals surface area contributed by atoms with Gasteiger partial charge in [-0.25, -0.2) is 9.78 Å². The van der Waals surface area contributed by atoms with Gasteiger partial charge in [-0.15, -0.1) is 11.3 Å². The van der Waals surface area contributed by atoms with E-state index in [0.29, 0.717) is 24.4 Å². The molecule has 0 aromatic carbocycles. The van der Waals surface area contributed by atoms with Gasteiger partial charge in [0.1, 0.15) is 22.4 Å². The van der Waals surface area contributed by atoms with Crippen LogP contribution in [-0.2, 0) is 12.6 Å². The second-order valence-corrected chi connectivity index (χ2v) is 9.51. The van der Waals surface area contributed by atoms with Gasteiger partial charge in [-0.05, 0) is 43.9 Å². The zero-order chi connectivity index (χ0) is 26.0. The number of alkyl halides is 3. The molecule has 2 N–H and O–H groups in total. The molecule has 2 aliphatic rings. The number of aromatic nitrogens is 1. The van der Waals surface area contributed by atoms with Crippen LogP contribution in [0.25, 0.3) is 5.57 Å². The van der Waals surface area contributed by atoms with E-state index >= 15 is 0 Å². The van der Waals surface area contributed by atoms with Gasteiger partial charge < -0.3 is 9.73 Å². The molecular weight excluding hydrogens is 491 g/mol. The zero-order valence-corrected chi connectivity index (χ0v) is 21.4. The van der Waals surface area contributed by atoms with Gasteiger partial charge >= 0.3 is 12.2 Å². The molecule has 0 saturated carbocycles. The molecule has 0 bridgehead atoms. The number of hydrogen-bond acceptors (Lipinski definition) is 6. The fourth-order valence-electron chi connectivity index (χ4n) is 4.63. The maximum Gasteiger partial charge on any atom is 0.434 e. The highest BCUT2D eigenvalue weighted by Gasteiger charge is 2.35. The Balaban J connectivity index is 1.69. The summed E-state index contributed by atoms with van der Waals surface area (Å²) in [5.41, 5.74) is 3.56. The van der Waals surface area contributed by atoms with Gasteiger partial charge in [0, 0.05) is 54.2 Å². The second-order valence-electron chi connectivity index (χ2n) is 8.65. The third-order valence-corrected chi connectivity index (χ3v) is 7.18. The van der Waals surface area contributed by atoms with Crippen molar-refractivity contribution in [3.05, 3.63) is 56.1 Å². The van der Waals surface area contributed by atoms with E-state index in [9.17, 15) is 18.0 Å². The van der Waals surface area contributed by atoms with E-state index in [1.54, 1.807) is 13.1 Å². The van der Waals surface area contributed by atoms with Crippen LogP contribution in [0.4, 0.5) is 18.0 Å². The number of aryl methyl sites for hydroxylation is 2. The van der Waals surface area contributed by atoms with E-state index in [2.05, 4.69) is 25.6 Å². The number of halogens is 3. The van der Waals surface area contributed by atoms with Gasteiger partial charge in [-0.3, -0.25) is 15.3 Å². The molecule has 0 saturated heterocycles. The van der Waals surface area contributed by atoms with E-state index in [0.717, 1.165) is 56.9 Å². The molecule has 2 aliphatic heterocycles. The molecule has 36 heavy (non-hydrogen) atoms. The van der Waals surface area contributed by atoms with Crippen LogP contribution in [0.5, 0.6) is 0 Å². The number of urea groups is 1. The van der Waals surface area contributed by atoms with Crippen LogP contribution in [-0.4, -0.2) is 36.2 Å². The minimum Gasteiger partial charge on any atom is -0.466 e. The lowest BCUT2D eigenvalue weighted by Gasteiger charge is -2.25. The van der Waals surface area contributed by atoms with Crippen molar-refractivity contribution < 1.29 is 22.4 Å². The molecule has 2 amide bonds. The van der Waals surface area contributed by atoms with Crippen molar-refractivity contribution >= 4 is 35.0 Å². The third-order valence-electron chi connectivity index (χ3n) is 6.28. The van der Waals surface area contributed by atoms with Crippen molar-refractivity contribution in [2.45, 2.75) is 59.1 Å². The maximum absolute atomic E-state index is 13.3. The SMILES string of the molecule is CCNC(=O)NC1=NCC(C2=CN=CC(c3c(C)oc(CC)c3C)C2)=C(c2nc(C(F)(F)F)cs2)C1. The summed E-state index contributed by atoms with van der Waals surface area (Å²) in [4.78, 5) is 24.9. The summed E-state index contributed by atoms with van der Waals surface area (Å²) in [5, 5.41) is 6.62. The molecule has 11 heteroatoms. The van der Waals surface area contributed by atoms with E-state index in [-0.39, 0.29) is 23.9 Å². The van der Waals surface area contributed by atoms with Crippen LogP contribution in [0.15, 0.2) is 37.1 Å². The minimum atomic E-state index is -4.53. The molecule has 192 valence electrons. The number of amidine groups is 1. The smallest absolute Gasteiger partial charge is 0.434 e. The Kier molecular flexibility index (Phi) is 7.49. The quantitative estimate of drug-likeness (QED) is 0.511. The highest BCUT2D eigenvalue weighted by atomic mass is 32.1. The normalized spacial score (nSPS) is 18.2. The van der Waals surface area contributed by atoms with Gasteiger partial charge in [-0.2, -0.15) is 13.2 Å². The second kappa shape index (κ2) is 10.4. The Morgan fingerprint density at radius 3 is 2.67 bits per heavy atom. The Morgan fingerprint density at radius 1 is 1.25 bits per heavy atom. The van der Waals surface area contributed by atoms with Crippen molar-refractivity contribution in [1.29, 1.82) is 0 Å². The first-order chi connectivity index (χ1) is 17.1. The molecule has 0 fully saturated rings. The number of rotatable bonds is 5.